The molecule has 1 atom stereocenters. The third-order valence-corrected chi connectivity index (χ3v) is 4.17. The molecule has 1 aromatic rings. The summed E-state index contributed by atoms with van der Waals surface area (Å²) in [6, 6.07) is 9.05. The van der Waals surface area contributed by atoms with Crippen molar-refractivity contribution in [3.63, 3.8) is 0 Å². The van der Waals surface area contributed by atoms with E-state index in [1.54, 1.807) is 11.1 Å². The van der Waals surface area contributed by atoms with E-state index in [1.807, 2.05) is 0 Å². The average molecular weight is 216 g/mol. The Kier molecular flexibility index (Phi) is 2.64. The summed E-state index contributed by atoms with van der Waals surface area (Å²) >= 11 is 0. The van der Waals surface area contributed by atoms with E-state index in [-0.39, 0.29) is 0 Å². The molecule has 0 radical (unpaired) electrons. The number of benzene rings is 1. The molecule has 0 N–H and O–H groups in total. The van der Waals surface area contributed by atoms with Gasteiger partial charge in [-0.1, -0.05) is 58.9 Å². The predicted octanol–water partition coefficient (Wildman–Crippen LogP) is 4.89. The number of fused-ring (bicyclic) bond motifs is 1. The van der Waals surface area contributed by atoms with Crippen molar-refractivity contribution >= 4 is 0 Å². The zero-order valence-electron chi connectivity index (χ0n) is 11.3. The molecule has 0 amide bonds. The maximum atomic E-state index is 2.38. The minimum atomic E-state index is 0.359. The topological polar surface area (TPSA) is 0 Å². The molecule has 0 bridgehead atoms. The highest BCUT2D eigenvalue weighted by molar-refractivity contribution is 5.39. The van der Waals surface area contributed by atoms with Crippen LogP contribution in [0.2, 0.25) is 0 Å². The highest BCUT2D eigenvalue weighted by Crippen LogP contribution is 2.49. The zero-order valence-corrected chi connectivity index (χ0v) is 11.3. The highest BCUT2D eigenvalue weighted by atomic mass is 14.4. The molecule has 0 spiro atoms. The molecule has 0 heterocycles. The van der Waals surface area contributed by atoms with Crippen molar-refractivity contribution in [2.45, 2.75) is 58.8 Å². The van der Waals surface area contributed by atoms with Crippen LogP contribution in [0.1, 0.15) is 64.5 Å². The van der Waals surface area contributed by atoms with Crippen LogP contribution in [0.5, 0.6) is 0 Å². The summed E-state index contributed by atoms with van der Waals surface area (Å²) in [7, 11) is 0. The van der Waals surface area contributed by atoms with Gasteiger partial charge in [0, 0.05) is 0 Å². The van der Waals surface area contributed by atoms with Crippen LogP contribution in [-0.2, 0) is 5.41 Å². The second-order valence-corrected chi connectivity index (χ2v) is 6.93. The molecule has 0 saturated heterocycles. The fourth-order valence-electron chi connectivity index (χ4n) is 3.11. The summed E-state index contributed by atoms with van der Waals surface area (Å²) in [5.41, 5.74) is 3.90. The third-order valence-electron chi connectivity index (χ3n) is 4.17. The molecule has 0 aromatic heterocycles. The Balaban J connectivity index is 2.52. The van der Waals surface area contributed by atoms with Crippen LogP contribution in [0.15, 0.2) is 24.3 Å². The molecule has 1 aromatic carbocycles. The van der Waals surface area contributed by atoms with Crippen molar-refractivity contribution in [2.75, 3.05) is 0 Å². The Morgan fingerprint density at radius 3 is 2.38 bits per heavy atom. The van der Waals surface area contributed by atoms with Crippen molar-refractivity contribution in [2.24, 2.45) is 5.41 Å². The van der Waals surface area contributed by atoms with Gasteiger partial charge in [0.2, 0.25) is 0 Å². The fraction of sp³-hybridized carbons (Fsp3) is 0.625. The molecule has 88 valence electrons. The molecule has 0 aliphatic heterocycles. The summed E-state index contributed by atoms with van der Waals surface area (Å²) in [5, 5.41) is 0. The SMILES string of the molecule is CC1(C)CCC(C(C)(C)C)c2ccccc21. The Bertz CT molecular complexity index is 379. The largest absolute Gasteiger partial charge is 0.0620 e. The van der Waals surface area contributed by atoms with Gasteiger partial charge in [0.05, 0.1) is 0 Å². The summed E-state index contributed by atoms with van der Waals surface area (Å²) in [6.45, 7) is 11.9. The van der Waals surface area contributed by atoms with Gasteiger partial charge in [-0.05, 0) is 40.7 Å². The summed E-state index contributed by atoms with van der Waals surface area (Å²) in [4.78, 5) is 0. The van der Waals surface area contributed by atoms with Gasteiger partial charge in [0.1, 0.15) is 0 Å². The van der Waals surface area contributed by atoms with Crippen molar-refractivity contribution in [3.05, 3.63) is 35.4 Å². The molecule has 0 fully saturated rings. The molecule has 16 heavy (non-hydrogen) atoms. The van der Waals surface area contributed by atoms with Crippen LogP contribution in [0.3, 0.4) is 0 Å². The van der Waals surface area contributed by atoms with Gasteiger partial charge in [0.15, 0.2) is 0 Å². The Morgan fingerprint density at radius 2 is 1.75 bits per heavy atom. The second-order valence-electron chi connectivity index (χ2n) is 6.93. The maximum absolute atomic E-state index is 2.38. The van der Waals surface area contributed by atoms with Gasteiger partial charge in [-0.3, -0.25) is 0 Å². The molecule has 2 rings (SSSR count). The fourth-order valence-corrected chi connectivity index (χ4v) is 3.11. The zero-order chi connectivity index (χ0) is 12.0. The lowest BCUT2D eigenvalue weighted by Crippen LogP contribution is -2.31. The lowest BCUT2D eigenvalue weighted by atomic mass is 9.62. The highest BCUT2D eigenvalue weighted by Gasteiger charge is 2.37. The van der Waals surface area contributed by atoms with Gasteiger partial charge in [0.25, 0.3) is 0 Å². The minimum absolute atomic E-state index is 0.359. The Labute approximate surface area is 100 Å². The molecule has 0 heteroatoms. The van der Waals surface area contributed by atoms with Crippen LogP contribution in [-0.4, -0.2) is 0 Å². The summed E-state index contributed by atoms with van der Waals surface area (Å²) in [6.07, 6.45) is 2.64. The first-order chi connectivity index (χ1) is 7.32. The number of rotatable bonds is 0. The lowest BCUT2D eigenvalue weighted by molar-refractivity contribution is 0.257. The molecule has 0 nitrogen and oxygen atoms in total. The number of hydrogen-bond acceptors (Lipinski definition) is 0. The third kappa shape index (κ3) is 1.90. The predicted molar refractivity (Wildman–Crippen MR) is 70.9 cm³/mol. The monoisotopic (exact) mass is 216 g/mol. The summed E-state index contributed by atoms with van der Waals surface area (Å²) in [5.74, 6) is 0.719. The van der Waals surface area contributed by atoms with E-state index in [2.05, 4.69) is 58.9 Å². The number of hydrogen-bond donors (Lipinski definition) is 0. The first kappa shape index (κ1) is 11.7. The molecular weight excluding hydrogens is 192 g/mol. The quantitative estimate of drug-likeness (QED) is 0.579. The van der Waals surface area contributed by atoms with Crippen molar-refractivity contribution in [3.8, 4) is 0 Å². The molecule has 1 unspecified atom stereocenters. The average Bonchev–Trinajstić information content (AvgIpc) is 2.16. The van der Waals surface area contributed by atoms with E-state index in [1.165, 1.54) is 12.8 Å². The Morgan fingerprint density at radius 1 is 1.12 bits per heavy atom. The van der Waals surface area contributed by atoms with Crippen molar-refractivity contribution < 1.29 is 0 Å². The van der Waals surface area contributed by atoms with E-state index in [9.17, 15) is 0 Å². The van der Waals surface area contributed by atoms with Crippen LogP contribution >= 0.6 is 0 Å². The van der Waals surface area contributed by atoms with Gasteiger partial charge in [-0.25, -0.2) is 0 Å². The molecular formula is C16H24. The van der Waals surface area contributed by atoms with Gasteiger partial charge in [-0.2, -0.15) is 0 Å². The van der Waals surface area contributed by atoms with Gasteiger partial charge in [-0.15, -0.1) is 0 Å². The van der Waals surface area contributed by atoms with Crippen molar-refractivity contribution in [1.82, 2.24) is 0 Å². The first-order valence-electron chi connectivity index (χ1n) is 6.42. The van der Waals surface area contributed by atoms with Gasteiger partial charge >= 0.3 is 0 Å². The van der Waals surface area contributed by atoms with Crippen molar-refractivity contribution in [1.29, 1.82) is 0 Å². The lowest BCUT2D eigenvalue weighted by Gasteiger charge is -2.42. The molecule has 1 aliphatic rings. The van der Waals surface area contributed by atoms with Crippen LogP contribution in [0.4, 0.5) is 0 Å². The van der Waals surface area contributed by atoms with Crippen LogP contribution in [0.25, 0.3) is 0 Å². The Hall–Kier alpha value is -0.780. The molecule has 1 aliphatic carbocycles. The molecule has 0 saturated carbocycles. The van der Waals surface area contributed by atoms with E-state index < -0.39 is 0 Å². The standard InChI is InChI=1S/C16H24/c1-15(2,3)13-10-11-16(4,5)14-9-7-6-8-12(13)14/h6-9,13H,10-11H2,1-5H3. The van der Waals surface area contributed by atoms with E-state index in [0.29, 0.717) is 10.8 Å². The van der Waals surface area contributed by atoms with Crippen LogP contribution < -0.4 is 0 Å². The summed E-state index contributed by atoms with van der Waals surface area (Å²) < 4.78 is 0. The minimum Gasteiger partial charge on any atom is -0.0620 e. The maximum Gasteiger partial charge on any atom is -0.0100 e. The van der Waals surface area contributed by atoms with E-state index >= 15 is 0 Å². The van der Waals surface area contributed by atoms with Gasteiger partial charge < -0.3 is 0 Å². The second kappa shape index (κ2) is 3.61. The smallest absolute Gasteiger partial charge is 0.0100 e. The van der Waals surface area contributed by atoms with Crippen LogP contribution in [0, 0.1) is 5.41 Å². The first-order valence-corrected chi connectivity index (χ1v) is 6.42. The van der Waals surface area contributed by atoms with E-state index in [4.69, 9.17) is 0 Å². The normalized spacial score (nSPS) is 23.9. The van der Waals surface area contributed by atoms with E-state index in [0.717, 1.165) is 5.92 Å².